The van der Waals surface area contributed by atoms with Crippen LogP contribution in [0.25, 0.3) is 11.0 Å². The van der Waals surface area contributed by atoms with Gasteiger partial charge in [0.2, 0.25) is 5.91 Å². The Labute approximate surface area is 187 Å². The van der Waals surface area contributed by atoms with Gasteiger partial charge in [0.15, 0.2) is 5.65 Å². The molecule has 1 atom stereocenters. The monoisotopic (exact) mass is 435 g/mol. The van der Waals surface area contributed by atoms with Crippen LogP contribution < -0.4 is 10.6 Å². The number of carbonyl (C=O) groups is 2. The number of amides is 2. The quantitative estimate of drug-likeness (QED) is 0.514. The minimum absolute atomic E-state index is 0.00244. The molecule has 32 heavy (non-hydrogen) atoms. The lowest BCUT2D eigenvalue weighted by atomic mass is 9.76. The van der Waals surface area contributed by atoms with E-state index < -0.39 is 6.09 Å². The smallest absolute Gasteiger partial charge is 0.407 e. The van der Waals surface area contributed by atoms with E-state index in [4.69, 9.17) is 4.74 Å². The van der Waals surface area contributed by atoms with Gasteiger partial charge in [-0.15, -0.1) is 0 Å². The van der Waals surface area contributed by atoms with E-state index in [2.05, 4.69) is 32.7 Å². The summed E-state index contributed by atoms with van der Waals surface area (Å²) in [6.07, 6.45) is 6.57. The van der Waals surface area contributed by atoms with Crippen molar-refractivity contribution < 1.29 is 14.3 Å². The number of rotatable bonds is 7. The molecule has 2 aromatic heterocycles. The minimum atomic E-state index is -0.392. The van der Waals surface area contributed by atoms with Gasteiger partial charge >= 0.3 is 6.09 Å². The van der Waals surface area contributed by atoms with Gasteiger partial charge in [0.1, 0.15) is 6.61 Å². The zero-order chi connectivity index (χ0) is 22.3. The van der Waals surface area contributed by atoms with Gasteiger partial charge < -0.3 is 15.4 Å². The fraction of sp³-hybridized carbons (Fsp3) is 0.417. The van der Waals surface area contributed by atoms with E-state index in [9.17, 15) is 9.59 Å². The lowest BCUT2D eigenvalue weighted by Crippen LogP contribution is -2.34. The molecule has 168 valence electrons. The molecule has 0 radical (unpaired) electrons. The van der Waals surface area contributed by atoms with Crippen LogP contribution in [0.1, 0.15) is 38.2 Å². The van der Waals surface area contributed by atoms with Crippen molar-refractivity contribution in [3.8, 4) is 0 Å². The number of nitrogens with one attached hydrogen (secondary N) is 3. The second-order valence-electron chi connectivity index (χ2n) is 8.51. The molecule has 1 aromatic carbocycles. The van der Waals surface area contributed by atoms with Crippen LogP contribution in [0.15, 0.2) is 48.8 Å². The third-order valence-electron chi connectivity index (χ3n) is 6.34. The average Bonchev–Trinajstić information content (AvgIpc) is 3.32. The molecule has 1 fully saturated rings. The molecule has 1 aliphatic carbocycles. The molecule has 3 N–H and O–H groups in total. The number of hydrogen-bond donors (Lipinski definition) is 3. The first-order chi connectivity index (χ1) is 15.6. The maximum atomic E-state index is 12.8. The second-order valence-corrected chi connectivity index (χ2v) is 8.51. The molecule has 0 spiro atoms. The zero-order valence-corrected chi connectivity index (χ0v) is 18.2. The van der Waals surface area contributed by atoms with Gasteiger partial charge in [-0.25, -0.2) is 9.78 Å². The molecule has 4 rings (SSSR count). The van der Waals surface area contributed by atoms with E-state index in [1.54, 1.807) is 18.5 Å². The van der Waals surface area contributed by atoms with Crippen molar-refractivity contribution in [1.29, 1.82) is 0 Å². The highest BCUT2D eigenvalue weighted by Gasteiger charge is 2.29. The molecule has 0 bridgehead atoms. The lowest BCUT2D eigenvalue weighted by molar-refractivity contribution is -0.121. The summed E-state index contributed by atoms with van der Waals surface area (Å²) in [5.74, 6) is 0.855. The van der Waals surface area contributed by atoms with Gasteiger partial charge in [-0.2, -0.15) is 5.10 Å². The Morgan fingerprint density at radius 2 is 1.94 bits per heavy atom. The molecule has 8 nitrogen and oxygen atoms in total. The highest BCUT2D eigenvalue weighted by atomic mass is 16.5. The standard InChI is InChI=1S/C24H29N5O3/c1-16(13-26-24(31)32-15-17-5-3-2-4-6-17)18-7-9-19(10-8-18)23(30)28-21-11-12-25-22-20(21)14-27-29-22/h2-6,11-12,14,16,18-19H,7-10,13,15H2,1H3,(H,26,31)(H2,25,27,28,29,30). The van der Waals surface area contributed by atoms with Gasteiger partial charge in [-0.3, -0.25) is 9.89 Å². The summed E-state index contributed by atoms with van der Waals surface area (Å²) in [7, 11) is 0. The average molecular weight is 436 g/mol. The van der Waals surface area contributed by atoms with E-state index in [1.807, 2.05) is 30.3 Å². The van der Waals surface area contributed by atoms with E-state index in [-0.39, 0.29) is 18.4 Å². The number of alkyl carbamates (subject to hydrolysis) is 1. The van der Waals surface area contributed by atoms with Crippen LogP contribution in [0.5, 0.6) is 0 Å². The summed E-state index contributed by atoms with van der Waals surface area (Å²) in [5, 5.41) is 13.5. The van der Waals surface area contributed by atoms with Gasteiger partial charge in [0, 0.05) is 18.7 Å². The Balaban J connectivity index is 1.19. The van der Waals surface area contributed by atoms with Gasteiger partial charge in [0.25, 0.3) is 0 Å². The van der Waals surface area contributed by atoms with Crippen LogP contribution >= 0.6 is 0 Å². The largest absolute Gasteiger partial charge is 0.445 e. The Bertz CT molecular complexity index is 1040. The van der Waals surface area contributed by atoms with Gasteiger partial charge in [0.05, 0.1) is 17.3 Å². The predicted octanol–water partition coefficient (Wildman–Crippen LogP) is 4.27. The number of anilines is 1. The molecule has 1 saturated carbocycles. The first kappa shape index (κ1) is 21.8. The zero-order valence-electron chi connectivity index (χ0n) is 18.2. The molecular weight excluding hydrogens is 406 g/mol. The van der Waals surface area contributed by atoms with Crippen LogP contribution in [0, 0.1) is 17.8 Å². The number of aromatic nitrogens is 3. The van der Waals surface area contributed by atoms with Crippen molar-refractivity contribution in [3.05, 3.63) is 54.4 Å². The van der Waals surface area contributed by atoms with Crippen LogP contribution in [0.4, 0.5) is 10.5 Å². The molecule has 0 saturated heterocycles. The van der Waals surface area contributed by atoms with Crippen LogP contribution in [-0.4, -0.2) is 33.7 Å². The normalized spacial score (nSPS) is 19.3. The molecular formula is C24H29N5O3. The Hall–Kier alpha value is -3.42. The molecule has 2 heterocycles. The van der Waals surface area contributed by atoms with Gasteiger partial charge in [-0.1, -0.05) is 37.3 Å². The number of ether oxygens (including phenoxy) is 1. The van der Waals surface area contributed by atoms with Crippen molar-refractivity contribution in [3.63, 3.8) is 0 Å². The molecule has 1 unspecified atom stereocenters. The number of carbonyl (C=O) groups excluding carboxylic acids is 2. The molecule has 3 aromatic rings. The van der Waals surface area contributed by atoms with Crippen molar-refractivity contribution in [2.24, 2.45) is 17.8 Å². The number of nitrogens with zero attached hydrogens (tertiary/aromatic N) is 2. The maximum Gasteiger partial charge on any atom is 0.407 e. The van der Waals surface area contributed by atoms with E-state index in [1.165, 1.54) is 0 Å². The Morgan fingerprint density at radius 1 is 1.16 bits per heavy atom. The number of benzene rings is 1. The highest BCUT2D eigenvalue weighted by molar-refractivity contribution is 6.00. The predicted molar refractivity (Wildman–Crippen MR) is 122 cm³/mol. The van der Waals surface area contributed by atoms with Crippen LogP contribution in [0.2, 0.25) is 0 Å². The first-order valence-electron chi connectivity index (χ1n) is 11.1. The second kappa shape index (κ2) is 10.3. The van der Waals surface area contributed by atoms with E-state index >= 15 is 0 Å². The fourth-order valence-corrected chi connectivity index (χ4v) is 4.33. The van der Waals surface area contributed by atoms with Crippen LogP contribution in [-0.2, 0) is 16.1 Å². The minimum Gasteiger partial charge on any atom is -0.445 e. The number of fused-ring (bicyclic) bond motifs is 1. The van der Waals surface area contributed by atoms with E-state index in [0.717, 1.165) is 42.3 Å². The number of aromatic amines is 1. The summed E-state index contributed by atoms with van der Waals surface area (Å²) < 4.78 is 5.28. The van der Waals surface area contributed by atoms with Crippen molar-refractivity contribution in [2.75, 3.05) is 11.9 Å². The topological polar surface area (TPSA) is 109 Å². The summed E-state index contributed by atoms with van der Waals surface area (Å²) >= 11 is 0. The molecule has 0 aliphatic heterocycles. The van der Waals surface area contributed by atoms with Crippen LogP contribution in [0.3, 0.4) is 0 Å². The fourth-order valence-electron chi connectivity index (χ4n) is 4.33. The molecule has 2 amide bonds. The summed E-state index contributed by atoms with van der Waals surface area (Å²) in [4.78, 5) is 29.0. The first-order valence-corrected chi connectivity index (χ1v) is 11.1. The number of hydrogen-bond acceptors (Lipinski definition) is 5. The van der Waals surface area contributed by atoms with Crippen molar-refractivity contribution >= 4 is 28.7 Å². The Morgan fingerprint density at radius 3 is 2.72 bits per heavy atom. The van der Waals surface area contributed by atoms with E-state index in [0.29, 0.717) is 24.0 Å². The van der Waals surface area contributed by atoms with Gasteiger partial charge in [-0.05, 0) is 49.1 Å². The highest BCUT2D eigenvalue weighted by Crippen LogP contribution is 2.34. The Kier molecular flexibility index (Phi) is 6.99. The lowest BCUT2D eigenvalue weighted by Gasteiger charge is -2.31. The summed E-state index contributed by atoms with van der Waals surface area (Å²) in [6, 6.07) is 11.4. The molecule has 8 heteroatoms. The number of H-pyrrole nitrogens is 1. The maximum absolute atomic E-state index is 12.8. The third kappa shape index (κ3) is 5.43. The third-order valence-corrected chi connectivity index (χ3v) is 6.34. The van der Waals surface area contributed by atoms with Crippen molar-refractivity contribution in [1.82, 2.24) is 20.5 Å². The van der Waals surface area contributed by atoms with Crippen molar-refractivity contribution in [2.45, 2.75) is 39.2 Å². The SMILES string of the molecule is CC(CNC(=O)OCc1ccccc1)C1CCC(C(=O)Nc2ccnc3[nH]ncc23)CC1. The summed E-state index contributed by atoms with van der Waals surface area (Å²) in [6.45, 7) is 2.99. The summed E-state index contributed by atoms with van der Waals surface area (Å²) in [5.41, 5.74) is 2.37. The number of pyridine rings is 1. The molecule has 1 aliphatic rings.